The van der Waals surface area contributed by atoms with Gasteiger partial charge in [-0.15, -0.1) is 0 Å². The lowest BCUT2D eigenvalue weighted by atomic mass is 9.58. The first-order valence-electron chi connectivity index (χ1n) is 11.6. The molecule has 3 unspecified atom stereocenters. The average Bonchev–Trinajstić information content (AvgIpc) is 3.12. The fourth-order valence-electron chi connectivity index (χ4n) is 4.88. The van der Waals surface area contributed by atoms with Crippen LogP contribution in [-0.2, 0) is 16.1 Å². The predicted octanol–water partition coefficient (Wildman–Crippen LogP) is 4.34. The van der Waals surface area contributed by atoms with E-state index < -0.39 is 11.6 Å². The molecule has 2 rings (SSSR count). The summed E-state index contributed by atoms with van der Waals surface area (Å²) in [5.41, 5.74) is 1.34. The molecule has 182 valence electrons. The SMILES string of the molecule is CCC1CC(c2n[nH]cc2CN(C)CCN(C)C(=O)OC(C)(C)C)CC(C(=O)O)C1(C)C. The Balaban J connectivity index is 2.03. The van der Waals surface area contributed by atoms with Crippen LogP contribution in [0.4, 0.5) is 4.79 Å². The summed E-state index contributed by atoms with van der Waals surface area (Å²) in [6.07, 6.45) is 4.12. The topological polar surface area (TPSA) is 98.8 Å². The Morgan fingerprint density at radius 2 is 1.91 bits per heavy atom. The first-order valence-corrected chi connectivity index (χ1v) is 11.6. The lowest BCUT2D eigenvalue weighted by molar-refractivity contribution is -0.150. The number of amides is 1. The molecule has 1 heterocycles. The summed E-state index contributed by atoms with van der Waals surface area (Å²) in [7, 11) is 3.75. The number of likely N-dealkylation sites (N-methyl/N-ethyl adjacent to an activating group) is 2. The number of carboxylic acid groups (broad SMARTS) is 1. The molecule has 0 aliphatic heterocycles. The minimum Gasteiger partial charge on any atom is -0.481 e. The van der Waals surface area contributed by atoms with Crippen molar-refractivity contribution in [3.63, 3.8) is 0 Å². The second-order valence-corrected chi connectivity index (χ2v) is 10.9. The molecule has 1 saturated carbocycles. The van der Waals surface area contributed by atoms with Crippen molar-refractivity contribution in [3.8, 4) is 0 Å². The van der Waals surface area contributed by atoms with Crippen molar-refractivity contribution in [3.05, 3.63) is 17.5 Å². The molecule has 0 bridgehead atoms. The molecule has 1 amide bonds. The summed E-state index contributed by atoms with van der Waals surface area (Å²) < 4.78 is 5.41. The fourth-order valence-corrected chi connectivity index (χ4v) is 4.88. The van der Waals surface area contributed by atoms with Crippen molar-refractivity contribution in [1.82, 2.24) is 20.0 Å². The summed E-state index contributed by atoms with van der Waals surface area (Å²) in [6, 6.07) is 0. The van der Waals surface area contributed by atoms with Crippen LogP contribution in [0.15, 0.2) is 6.20 Å². The van der Waals surface area contributed by atoms with Crippen molar-refractivity contribution in [2.45, 2.75) is 78.9 Å². The summed E-state index contributed by atoms with van der Waals surface area (Å²) >= 11 is 0. The minimum atomic E-state index is -0.711. The van der Waals surface area contributed by atoms with Crippen molar-refractivity contribution in [2.75, 3.05) is 27.2 Å². The van der Waals surface area contributed by atoms with Gasteiger partial charge in [-0.1, -0.05) is 27.2 Å². The summed E-state index contributed by atoms with van der Waals surface area (Å²) in [5, 5.41) is 17.4. The average molecular weight is 451 g/mol. The normalized spacial score (nSPS) is 23.2. The molecule has 0 radical (unpaired) electrons. The molecule has 0 saturated heterocycles. The van der Waals surface area contributed by atoms with Gasteiger partial charge in [0.15, 0.2) is 0 Å². The van der Waals surface area contributed by atoms with Crippen LogP contribution in [-0.4, -0.2) is 70.0 Å². The van der Waals surface area contributed by atoms with Crippen LogP contribution >= 0.6 is 0 Å². The van der Waals surface area contributed by atoms with Crippen molar-refractivity contribution in [1.29, 1.82) is 0 Å². The number of nitrogens with one attached hydrogen (secondary N) is 1. The van der Waals surface area contributed by atoms with E-state index in [1.807, 2.05) is 34.0 Å². The quantitative estimate of drug-likeness (QED) is 0.611. The van der Waals surface area contributed by atoms with Gasteiger partial charge in [-0.25, -0.2) is 4.79 Å². The van der Waals surface area contributed by atoms with Crippen LogP contribution in [0.1, 0.15) is 78.0 Å². The summed E-state index contributed by atoms with van der Waals surface area (Å²) in [4.78, 5) is 27.9. The fraction of sp³-hybridized carbons (Fsp3) is 0.792. The number of carboxylic acids is 1. The van der Waals surface area contributed by atoms with E-state index in [1.54, 1.807) is 11.9 Å². The second-order valence-electron chi connectivity index (χ2n) is 10.9. The number of rotatable bonds is 8. The van der Waals surface area contributed by atoms with E-state index in [4.69, 9.17) is 4.74 Å². The van der Waals surface area contributed by atoms with Crippen molar-refractivity contribution in [2.24, 2.45) is 17.3 Å². The number of H-pyrrole nitrogens is 1. The number of aromatic nitrogens is 2. The minimum absolute atomic E-state index is 0.133. The monoisotopic (exact) mass is 450 g/mol. The van der Waals surface area contributed by atoms with Crippen LogP contribution in [0.2, 0.25) is 0 Å². The van der Waals surface area contributed by atoms with Gasteiger partial charge in [0, 0.05) is 44.4 Å². The van der Waals surface area contributed by atoms with Gasteiger partial charge in [0.1, 0.15) is 5.60 Å². The maximum atomic E-state index is 12.2. The first kappa shape index (κ1) is 26.2. The van der Waals surface area contributed by atoms with Gasteiger partial charge in [-0.2, -0.15) is 5.10 Å². The highest BCUT2D eigenvalue weighted by Gasteiger charge is 2.47. The van der Waals surface area contributed by atoms with Gasteiger partial charge < -0.3 is 19.6 Å². The third kappa shape index (κ3) is 6.47. The highest BCUT2D eigenvalue weighted by molar-refractivity contribution is 5.71. The maximum absolute atomic E-state index is 12.2. The van der Waals surface area contributed by atoms with Gasteiger partial charge >= 0.3 is 12.1 Å². The van der Waals surface area contributed by atoms with Crippen molar-refractivity contribution >= 4 is 12.1 Å². The van der Waals surface area contributed by atoms with E-state index in [2.05, 4.69) is 35.9 Å². The molecule has 8 nitrogen and oxygen atoms in total. The standard InChI is InChI=1S/C24H42N4O4/c1-9-18-12-16(13-19(21(29)30)24(18,5)6)20-17(14-25-26-20)15-27(7)10-11-28(8)22(31)32-23(2,3)4/h14,16,18-19H,9-13,15H2,1-8H3,(H,25,26)(H,29,30). The van der Waals surface area contributed by atoms with Gasteiger partial charge in [0.2, 0.25) is 0 Å². The van der Waals surface area contributed by atoms with Crippen LogP contribution in [0.3, 0.4) is 0 Å². The summed E-state index contributed by atoms with van der Waals surface area (Å²) in [5.74, 6) is -0.617. The third-order valence-corrected chi connectivity index (χ3v) is 6.93. The molecule has 1 aliphatic rings. The zero-order chi connectivity index (χ0) is 24.3. The molecular formula is C24H42N4O4. The number of hydrogen-bond acceptors (Lipinski definition) is 5. The Kier molecular flexibility index (Phi) is 8.37. The molecule has 1 aromatic heterocycles. The Hall–Kier alpha value is -2.09. The highest BCUT2D eigenvalue weighted by atomic mass is 16.6. The highest BCUT2D eigenvalue weighted by Crippen LogP contribution is 2.51. The predicted molar refractivity (Wildman–Crippen MR) is 124 cm³/mol. The number of aromatic amines is 1. The molecule has 2 N–H and O–H groups in total. The first-order chi connectivity index (χ1) is 14.8. The third-order valence-electron chi connectivity index (χ3n) is 6.93. The van der Waals surface area contributed by atoms with E-state index in [1.165, 1.54) is 0 Å². The molecule has 32 heavy (non-hydrogen) atoms. The van der Waals surface area contributed by atoms with Gasteiger partial charge in [0.05, 0.1) is 11.6 Å². The maximum Gasteiger partial charge on any atom is 0.410 e. The van der Waals surface area contributed by atoms with Crippen LogP contribution in [0.25, 0.3) is 0 Å². The Morgan fingerprint density at radius 3 is 2.47 bits per heavy atom. The number of ether oxygens (including phenoxy) is 1. The second kappa shape index (κ2) is 10.2. The lowest BCUT2D eigenvalue weighted by Gasteiger charge is -2.46. The molecule has 0 aromatic carbocycles. The van der Waals surface area contributed by atoms with Gasteiger partial charge in [0.25, 0.3) is 0 Å². The largest absolute Gasteiger partial charge is 0.481 e. The molecule has 8 heteroatoms. The zero-order valence-corrected chi connectivity index (χ0v) is 21.1. The van der Waals surface area contributed by atoms with Crippen molar-refractivity contribution < 1.29 is 19.4 Å². The molecule has 0 spiro atoms. The smallest absolute Gasteiger partial charge is 0.410 e. The summed E-state index contributed by atoms with van der Waals surface area (Å²) in [6.45, 7) is 13.8. The van der Waals surface area contributed by atoms with E-state index in [9.17, 15) is 14.7 Å². The van der Waals surface area contributed by atoms with E-state index in [-0.39, 0.29) is 23.3 Å². The van der Waals surface area contributed by atoms with Gasteiger partial charge in [-0.05, 0) is 52.0 Å². The number of carbonyl (C=O) groups excluding carboxylic acids is 1. The number of nitrogens with zero attached hydrogens (tertiary/aromatic N) is 3. The molecule has 1 aliphatic carbocycles. The van der Waals surface area contributed by atoms with E-state index in [0.717, 1.165) is 24.1 Å². The number of aliphatic carboxylic acids is 1. The van der Waals surface area contributed by atoms with E-state index in [0.29, 0.717) is 32.0 Å². The Morgan fingerprint density at radius 1 is 1.25 bits per heavy atom. The zero-order valence-electron chi connectivity index (χ0n) is 21.1. The van der Waals surface area contributed by atoms with Crippen LogP contribution < -0.4 is 0 Å². The Labute approximate surface area is 192 Å². The molecule has 3 atom stereocenters. The molecule has 1 fully saturated rings. The van der Waals surface area contributed by atoms with E-state index >= 15 is 0 Å². The van der Waals surface area contributed by atoms with Crippen LogP contribution in [0, 0.1) is 17.3 Å². The lowest BCUT2D eigenvalue weighted by Crippen LogP contribution is -2.43. The Bertz CT molecular complexity index is 783. The number of hydrogen-bond donors (Lipinski definition) is 2. The van der Waals surface area contributed by atoms with Gasteiger partial charge in [-0.3, -0.25) is 9.89 Å². The molecule has 1 aromatic rings. The van der Waals surface area contributed by atoms with Crippen LogP contribution in [0.5, 0.6) is 0 Å². The number of carbonyl (C=O) groups is 2. The molecular weight excluding hydrogens is 408 g/mol.